The smallest absolute Gasteiger partial charge is 0.307 e. The number of carbonyl (C=O) groups is 2. The fourth-order valence-corrected chi connectivity index (χ4v) is 2.23. The first-order chi connectivity index (χ1) is 11.1. The first-order valence-electron chi connectivity index (χ1n) is 8.25. The Labute approximate surface area is 138 Å². The van der Waals surface area contributed by atoms with Crippen LogP contribution in [0.1, 0.15) is 39.2 Å². The van der Waals surface area contributed by atoms with Gasteiger partial charge in [-0.25, -0.2) is 0 Å². The molecule has 0 aliphatic heterocycles. The van der Waals surface area contributed by atoms with E-state index in [9.17, 15) is 9.59 Å². The summed E-state index contributed by atoms with van der Waals surface area (Å²) in [6, 6.07) is 8.18. The minimum atomic E-state index is -0.223. The van der Waals surface area contributed by atoms with Crippen LogP contribution in [0.2, 0.25) is 0 Å². The van der Waals surface area contributed by atoms with Crippen LogP contribution in [0.15, 0.2) is 24.3 Å². The zero-order valence-corrected chi connectivity index (χ0v) is 14.3. The molecule has 1 rings (SSSR count). The highest BCUT2D eigenvalue weighted by Gasteiger charge is 2.12. The molecule has 0 heterocycles. The monoisotopic (exact) mass is 321 g/mol. The van der Waals surface area contributed by atoms with E-state index in [1.807, 2.05) is 17.0 Å². The van der Waals surface area contributed by atoms with Crippen LogP contribution in [0.5, 0.6) is 0 Å². The zero-order chi connectivity index (χ0) is 17.1. The fraction of sp³-hybridized carbons (Fsp3) is 0.556. The van der Waals surface area contributed by atoms with E-state index in [4.69, 9.17) is 9.47 Å². The first-order valence-corrected chi connectivity index (χ1v) is 8.25. The first kappa shape index (κ1) is 19.0. The molecule has 0 aromatic heterocycles. The number of rotatable bonds is 10. The van der Waals surface area contributed by atoms with Crippen molar-refractivity contribution in [3.63, 3.8) is 0 Å². The molecule has 0 atom stereocenters. The molecule has 0 radical (unpaired) electrons. The molecule has 0 N–H and O–H groups in total. The van der Waals surface area contributed by atoms with E-state index >= 15 is 0 Å². The van der Waals surface area contributed by atoms with Gasteiger partial charge in [0.25, 0.3) is 0 Å². The number of carbonyl (C=O) groups excluding carboxylic acids is 2. The van der Waals surface area contributed by atoms with Crippen LogP contribution in [0.25, 0.3) is 0 Å². The van der Waals surface area contributed by atoms with Crippen LogP contribution < -0.4 is 4.90 Å². The maximum Gasteiger partial charge on any atom is 0.307 e. The molecule has 1 aromatic rings. The summed E-state index contributed by atoms with van der Waals surface area (Å²) in [5, 5.41) is 0. The Morgan fingerprint density at radius 1 is 0.870 bits per heavy atom. The fourth-order valence-electron chi connectivity index (χ4n) is 2.23. The third-order valence-electron chi connectivity index (χ3n) is 3.49. The maximum absolute atomic E-state index is 11.6. The Balaban J connectivity index is 2.69. The Bertz CT molecular complexity index is 462. The summed E-state index contributed by atoms with van der Waals surface area (Å²) in [5.74, 6) is -0.447. The Morgan fingerprint density at radius 2 is 1.35 bits per heavy atom. The van der Waals surface area contributed by atoms with E-state index < -0.39 is 0 Å². The number of aryl methyl sites for hydroxylation is 1. The largest absolute Gasteiger partial charge is 0.466 e. The number of nitrogens with zero attached hydrogens (tertiary/aromatic N) is 1. The van der Waals surface area contributed by atoms with Crippen molar-refractivity contribution < 1.29 is 19.1 Å². The number of esters is 2. The summed E-state index contributed by atoms with van der Waals surface area (Å²) < 4.78 is 9.94. The molecule has 128 valence electrons. The van der Waals surface area contributed by atoms with Gasteiger partial charge >= 0.3 is 11.9 Å². The molecule has 23 heavy (non-hydrogen) atoms. The lowest BCUT2D eigenvalue weighted by atomic mass is 10.1. The predicted molar refractivity (Wildman–Crippen MR) is 90.5 cm³/mol. The van der Waals surface area contributed by atoms with Crippen molar-refractivity contribution in [2.45, 2.75) is 40.0 Å². The number of ether oxygens (including phenoxy) is 2. The van der Waals surface area contributed by atoms with E-state index in [1.165, 1.54) is 5.56 Å². The lowest BCUT2D eigenvalue weighted by Crippen LogP contribution is -2.29. The van der Waals surface area contributed by atoms with Gasteiger partial charge in [-0.1, -0.05) is 19.1 Å². The van der Waals surface area contributed by atoms with Gasteiger partial charge in [-0.3, -0.25) is 9.59 Å². The molecule has 5 nitrogen and oxygen atoms in total. The van der Waals surface area contributed by atoms with Gasteiger partial charge in [-0.05, 0) is 38.0 Å². The summed E-state index contributed by atoms with van der Waals surface area (Å²) in [7, 11) is 0. The van der Waals surface area contributed by atoms with Crippen molar-refractivity contribution in [1.29, 1.82) is 0 Å². The average molecular weight is 321 g/mol. The molecule has 0 spiro atoms. The van der Waals surface area contributed by atoms with Crippen molar-refractivity contribution in [2.24, 2.45) is 0 Å². The lowest BCUT2D eigenvalue weighted by Gasteiger charge is -2.24. The normalized spacial score (nSPS) is 10.2. The summed E-state index contributed by atoms with van der Waals surface area (Å²) in [6.45, 7) is 7.49. The number of hydrogen-bond acceptors (Lipinski definition) is 5. The van der Waals surface area contributed by atoms with Gasteiger partial charge in [0.05, 0.1) is 26.1 Å². The van der Waals surface area contributed by atoms with Crippen molar-refractivity contribution >= 4 is 17.6 Å². The third kappa shape index (κ3) is 7.17. The molecule has 0 saturated carbocycles. The second-order valence-corrected chi connectivity index (χ2v) is 5.12. The average Bonchev–Trinajstić information content (AvgIpc) is 2.55. The molecule has 0 saturated heterocycles. The van der Waals surface area contributed by atoms with E-state index in [1.54, 1.807) is 13.8 Å². The van der Waals surface area contributed by atoms with Crippen LogP contribution >= 0.6 is 0 Å². The maximum atomic E-state index is 11.6. The lowest BCUT2D eigenvalue weighted by molar-refractivity contribution is -0.143. The third-order valence-corrected chi connectivity index (χ3v) is 3.49. The van der Waals surface area contributed by atoms with Crippen molar-refractivity contribution in [1.82, 2.24) is 0 Å². The predicted octanol–water partition coefficient (Wildman–Crippen LogP) is 2.96. The van der Waals surface area contributed by atoms with Crippen LogP contribution in [-0.4, -0.2) is 38.2 Å². The highest BCUT2D eigenvalue weighted by Crippen LogP contribution is 2.17. The molecule has 5 heteroatoms. The van der Waals surface area contributed by atoms with Gasteiger partial charge in [0.2, 0.25) is 0 Å². The van der Waals surface area contributed by atoms with Crippen LogP contribution in [0, 0.1) is 0 Å². The van der Waals surface area contributed by atoms with E-state index in [0.29, 0.717) is 39.1 Å². The van der Waals surface area contributed by atoms with Crippen molar-refractivity contribution in [3.05, 3.63) is 29.8 Å². The topological polar surface area (TPSA) is 55.8 Å². The molecule has 0 amide bonds. The van der Waals surface area contributed by atoms with Gasteiger partial charge in [-0.2, -0.15) is 0 Å². The quantitative estimate of drug-likeness (QED) is 0.620. The number of anilines is 1. The summed E-state index contributed by atoms with van der Waals surface area (Å²) in [5.41, 5.74) is 2.25. The molecular formula is C18H27NO4. The summed E-state index contributed by atoms with van der Waals surface area (Å²) >= 11 is 0. The molecule has 0 fully saturated rings. The Hall–Kier alpha value is -2.04. The van der Waals surface area contributed by atoms with Crippen LogP contribution in [-0.2, 0) is 25.5 Å². The van der Waals surface area contributed by atoms with E-state index in [0.717, 1.165) is 12.1 Å². The van der Waals surface area contributed by atoms with Crippen LogP contribution in [0.4, 0.5) is 5.69 Å². The van der Waals surface area contributed by atoms with E-state index in [2.05, 4.69) is 19.1 Å². The molecule has 1 aromatic carbocycles. The van der Waals surface area contributed by atoms with Crippen molar-refractivity contribution in [3.8, 4) is 0 Å². The molecular weight excluding hydrogens is 294 g/mol. The second-order valence-electron chi connectivity index (χ2n) is 5.12. The highest BCUT2D eigenvalue weighted by molar-refractivity contribution is 5.71. The van der Waals surface area contributed by atoms with Gasteiger partial charge in [-0.15, -0.1) is 0 Å². The van der Waals surface area contributed by atoms with Gasteiger partial charge in [0, 0.05) is 18.8 Å². The molecule has 0 bridgehead atoms. The van der Waals surface area contributed by atoms with Gasteiger partial charge in [0.1, 0.15) is 0 Å². The SMILES string of the molecule is CCOC(=O)CCN(CCC(=O)OCC)c1ccc(CC)cc1. The Kier molecular flexibility index (Phi) is 8.80. The molecule has 0 unspecified atom stereocenters. The van der Waals surface area contributed by atoms with Crippen molar-refractivity contribution in [2.75, 3.05) is 31.2 Å². The van der Waals surface area contributed by atoms with E-state index in [-0.39, 0.29) is 11.9 Å². The van der Waals surface area contributed by atoms with Gasteiger partial charge < -0.3 is 14.4 Å². The minimum Gasteiger partial charge on any atom is -0.466 e. The summed E-state index contributed by atoms with van der Waals surface area (Å²) in [4.78, 5) is 25.2. The molecule has 0 aliphatic rings. The summed E-state index contributed by atoms with van der Waals surface area (Å²) in [6.07, 6.45) is 1.57. The Morgan fingerprint density at radius 3 is 1.74 bits per heavy atom. The number of benzene rings is 1. The van der Waals surface area contributed by atoms with Gasteiger partial charge in [0.15, 0.2) is 0 Å². The molecule has 0 aliphatic carbocycles. The zero-order valence-electron chi connectivity index (χ0n) is 14.3. The minimum absolute atomic E-state index is 0.223. The highest BCUT2D eigenvalue weighted by atomic mass is 16.5. The second kappa shape index (κ2) is 10.6. The number of hydrogen-bond donors (Lipinski definition) is 0. The standard InChI is InChI=1S/C18H27NO4/c1-4-15-7-9-16(10-8-15)19(13-11-17(20)22-5-2)14-12-18(21)23-6-3/h7-10H,4-6,11-14H2,1-3H3. The van der Waals surface area contributed by atoms with Crippen LogP contribution in [0.3, 0.4) is 0 Å².